The molecule has 0 radical (unpaired) electrons. The van der Waals surface area contributed by atoms with Gasteiger partial charge in [-0.2, -0.15) is 0 Å². The minimum atomic E-state index is -3.65. The molecule has 0 N–H and O–H groups in total. The Hall–Kier alpha value is -1.91. The van der Waals surface area contributed by atoms with Gasteiger partial charge in [-0.25, -0.2) is 13.4 Å². The zero-order chi connectivity index (χ0) is 14.2. The van der Waals surface area contributed by atoms with Gasteiger partial charge in [0.05, 0.1) is 4.90 Å². The first-order valence-electron chi connectivity index (χ1n) is 5.94. The van der Waals surface area contributed by atoms with Gasteiger partial charge >= 0.3 is 0 Å². The second-order valence-corrected chi connectivity index (χ2v) is 6.54. The first-order chi connectivity index (χ1) is 9.60. The monoisotopic (exact) mass is 303 g/mol. The lowest BCUT2D eigenvalue weighted by molar-refractivity contribution is 0.593. The number of aromatic nitrogens is 1. The van der Waals surface area contributed by atoms with E-state index in [1.54, 1.807) is 54.6 Å². The van der Waals surface area contributed by atoms with Crippen molar-refractivity contribution in [1.29, 1.82) is 0 Å². The molecule has 1 aromatic heterocycles. The van der Waals surface area contributed by atoms with Crippen LogP contribution in [0.1, 0.15) is 0 Å². The summed E-state index contributed by atoms with van der Waals surface area (Å²) >= 11 is 6.10. The predicted octanol–water partition coefficient (Wildman–Crippen LogP) is 3.72. The van der Waals surface area contributed by atoms with E-state index in [0.717, 1.165) is 0 Å². The van der Waals surface area contributed by atoms with Crippen molar-refractivity contribution in [1.82, 2.24) is 4.98 Å². The fourth-order valence-corrected chi connectivity index (χ4v) is 3.71. The Labute approximate surface area is 121 Å². The lowest BCUT2D eigenvalue weighted by atomic mass is 10.2. The molecular weight excluding hydrogens is 294 g/mol. The molecule has 0 aliphatic carbocycles. The van der Waals surface area contributed by atoms with Crippen molar-refractivity contribution in [2.45, 2.75) is 9.92 Å². The summed E-state index contributed by atoms with van der Waals surface area (Å²) in [6.07, 6.45) is 1.46. The van der Waals surface area contributed by atoms with Crippen molar-refractivity contribution in [2.75, 3.05) is 0 Å². The van der Waals surface area contributed by atoms with E-state index in [-0.39, 0.29) is 9.92 Å². The smallest absolute Gasteiger partial charge is 0.224 e. The molecule has 0 aliphatic heterocycles. The molecule has 0 bridgehead atoms. The molecule has 3 aromatic rings. The van der Waals surface area contributed by atoms with Crippen molar-refractivity contribution in [3.63, 3.8) is 0 Å². The van der Waals surface area contributed by atoms with Crippen LogP contribution in [0.15, 0.2) is 70.7 Å². The standard InChI is InChI=1S/C15H10ClNO2S/c16-14-8-4-7-13-12(14)9-10-17-15(13)20(18,19)11-5-2-1-3-6-11/h1-10H. The maximum absolute atomic E-state index is 12.7. The number of rotatable bonds is 2. The predicted molar refractivity (Wildman–Crippen MR) is 78.6 cm³/mol. The number of halogens is 1. The number of pyridine rings is 1. The fourth-order valence-electron chi connectivity index (χ4n) is 2.07. The number of hydrogen-bond donors (Lipinski definition) is 0. The van der Waals surface area contributed by atoms with Crippen molar-refractivity contribution >= 4 is 32.2 Å². The van der Waals surface area contributed by atoms with Crippen LogP contribution in [0.2, 0.25) is 5.02 Å². The summed E-state index contributed by atoms with van der Waals surface area (Å²) in [5.41, 5.74) is 0. The quantitative estimate of drug-likeness (QED) is 0.725. The van der Waals surface area contributed by atoms with E-state index in [0.29, 0.717) is 15.8 Å². The highest BCUT2D eigenvalue weighted by Gasteiger charge is 2.21. The van der Waals surface area contributed by atoms with Gasteiger partial charge < -0.3 is 0 Å². The van der Waals surface area contributed by atoms with E-state index in [1.807, 2.05) is 0 Å². The number of benzene rings is 2. The van der Waals surface area contributed by atoms with Crippen molar-refractivity contribution in [2.24, 2.45) is 0 Å². The molecule has 2 aromatic carbocycles. The van der Waals surface area contributed by atoms with Gasteiger partial charge in [-0.3, -0.25) is 0 Å². The number of sulfone groups is 1. The maximum atomic E-state index is 12.7. The van der Waals surface area contributed by atoms with Gasteiger partial charge in [0.2, 0.25) is 9.84 Å². The van der Waals surface area contributed by atoms with Crippen LogP contribution in [0.5, 0.6) is 0 Å². The molecule has 0 amide bonds. The number of nitrogens with zero attached hydrogens (tertiary/aromatic N) is 1. The molecule has 1 heterocycles. The van der Waals surface area contributed by atoms with Crippen LogP contribution in [0.4, 0.5) is 0 Å². The third kappa shape index (κ3) is 2.07. The van der Waals surface area contributed by atoms with Gasteiger partial charge in [-0.1, -0.05) is 41.9 Å². The summed E-state index contributed by atoms with van der Waals surface area (Å²) in [6, 6.07) is 15.1. The van der Waals surface area contributed by atoms with Crippen molar-refractivity contribution < 1.29 is 8.42 Å². The Morgan fingerprint density at radius 2 is 1.60 bits per heavy atom. The summed E-state index contributed by atoms with van der Waals surface area (Å²) in [5.74, 6) is 0. The van der Waals surface area contributed by atoms with Crippen LogP contribution < -0.4 is 0 Å². The highest BCUT2D eigenvalue weighted by Crippen LogP contribution is 2.29. The van der Waals surface area contributed by atoms with Gasteiger partial charge in [0.15, 0.2) is 5.03 Å². The molecule has 0 aliphatic rings. The summed E-state index contributed by atoms with van der Waals surface area (Å²) < 4.78 is 25.3. The average Bonchev–Trinajstić information content (AvgIpc) is 2.48. The Kier molecular flexibility index (Phi) is 3.20. The molecule has 0 fully saturated rings. The Balaban J connectivity index is 2.34. The average molecular weight is 304 g/mol. The van der Waals surface area contributed by atoms with Crippen molar-refractivity contribution in [3.05, 3.63) is 65.8 Å². The van der Waals surface area contributed by atoms with Gasteiger partial charge in [-0.15, -0.1) is 0 Å². The zero-order valence-electron chi connectivity index (χ0n) is 10.3. The van der Waals surface area contributed by atoms with Gasteiger partial charge in [0, 0.05) is 22.0 Å². The molecule has 3 nitrogen and oxygen atoms in total. The minimum absolute atomic E-state index is 0.0312. The van der Waals surface area contributed by atoms with E-state index < -0.39 is 9.84 Å². The molecular formula is C15H10ClNO2S. The van der Waals surface area contributed by atoms with Crippen LogP contribution >= 0.6 is 11.6 Å². The molecule has 0 saturated carbocycles. The van der Waals surface area contributed by atoms with Gasteiger partial charge in [0.25, 0.3) is 0 Å². The molecule has 20 heavy (non-hydrogen) atoms. The van der Waals surface area contributed by atoms with E-state index in [1.165, 1.54) is 6.20 Å². The van der Waals surface area contributed by atoms with Crippen LogP contribution in [-0.4, -0.2) is 13.4 Å². The van der Waals surface area contributed by atoms with Crippen molar-refractivity contribution in [3.8, 4) is 0 Å². The normalized spacial score (nSPS) is 11.7. The molecule has 0 saturated heterocycles. The first-order valence-corrected chi connectivity index (χ1v) is 7.80. The van der Waals surface area contributed by atoms with Crippen LogP contribution in [0.25, 0.3) is 10.8 Å². The van der Waals surface area contributed by atoms with Gasteiger partial charge in [-0.05, 0) is 24.3 Å². The third-order valence-corrected chi connectivity index (χ3v) is 5.08. The second-order valence-electron chi connectivity index (χ2n) is 4.27. The largest absolute Gasteiger partial charge is 0.244 e. The van der Waals surface area contributed by atoms with E-state index in [4.69, 9.17) is 11.6 Å². The Bertz CT molecular complexity index is 877. The SMILES string of the molecule is O=S(=O)(c1ccccc1)c1nccc2c(Cl)cccc12. The maximum Gasteiger partial charge on any atom is 0.224 e. The topological polar surface area (TPSA) is 47.0 Å². The lowest BCUT2D eigenvalue weighted by Crippen LogP contribution is -2.05. The molecule has 3 rings (SSSR count). The fraction of sp³-hybridized carbons (Fsp3) is 0. The van der Waals surface area contributed by atoms with E-state index in [2.05, 4.69) is 4.98 Å². The summed E-state index contributed by atoms with van der Waals surface area (Å²) in [7, 11) is -3.65. The number of fused-ring (bicyclic) bond motifs is 1. The van der Waals surface area contributed by atoms with Gasteiger partial charge in [0.1, 0.15) is 0 Å². The lowest BCUT2D eigenvalue weighted by Gasteiger charge is -2.08. The highest BCUT2D eigenvalue weighted by molar-refractivity contribution is 7.91. The third-order valence-electron chi connectivity index (χ3n) is 3.02. The molecule has 0 spiro atoms. The molecule has 100 valence electrons. The summed E-state index contributed by atoms with van der Waals surface area (Å²) in [4.78, 5) is 4.27. The molecule has 0 atom stereocenters. The van der Waals surface area contributed by atoms with Crippen LogP contribution in [0, 0.1) is 0 Å². The van der Waals surface area contributed by atoms with E-state index >= 15 is 0 Å². The summed E-state index contributed by atoms with van der Waals surface area (Å²) in [6.45, 7) is 0. The molecule has 5 heteroatoms. The van der Waals surface area contributed by atoms with E-state index in [9.17, 15) is 8.42 Å². The zero-order valence-corrected chi connectivity index (χ0v) is 11.9. The Morgan fingerprint density at radius 3 is 2.35 bits per heavy atom. The minimum Gasteiger partial charge on any atom is -0.244 e. The summed E-state index contributed by atoms with van der Waals surface area (Å²) in [5, 5.41) is 1.75. The number of hydrogen-bond acceptors (Lipinski definition) is 3. The van der Waals surface area contributed by atoms with Crippen LogP contribution in [0.3, 0.4) is 0 Å². The Morgan fingerprint density at radius 1 is 0.850 bits per heavy atom. The second kappa shape index (κ2) is 4.89. The highest BCUT2D eigenvalue weighted by atomic mass is 35.5. The molecule has 0 unspecified atom stereocenters. The first kappa shape index (κ1) is 13.1. The van der Waals surface area contributed by atoms with Crippen LogP contribution in [-0.2, 0) is 9.84 Å².